The summed E-state index contributed by atoms with van der Waals surface area (Å²) in [6.07, 6.45) is 12.8. The second kappa shape index (κ2) is 23.0. The molecule has 0 fully saturated rings. The Morgan fingerprint density at radius 2 is 0.884 bits per heavy atom. The summed E-state index contributed by atoms with van der Waals surface area (Å²) in [6.45, 7) is 2.19. The Kier molecular flexibility index (Phi) is 14.8. The van der Waals surface area contributed by atoms with E-state index in [1.165, 1.54) is 142 Å². The Bertz CT molecular complexity index is 4700. The predicted octanol–water partition coefficient (Wildman–Crippen LogP) is 20.8. The van der Waals surface area contributed by atoms with Crippen molar-refractivity contribution in [1.82, 2.24) is 0 Å². The molecule has 2 radical (unpaired) electrons. The molecular weight excluding hydrogens is 1160 g/mol. The van der Waals surface area contributed by atoms with Gasteiger partial charge < -0.3 is 0 Å². The van der Waals surface area contributed by atoms with Gasteiger partial charge in [0.2, 0.25) is 0 Å². The maximum absolute atomic E-state index is 5.25. The topological polar surface area (TPSA) is 6.48 Å². The van der Waals surface area contributed by atoms with Gasteiger partial charge in [-0.3, -0.25) is 0 Å². The van der Waals surface area contributed by atoms with Crippen LogP contribution in [0.3, 0.4) is 0 Å². The number of nitrogens with zero attached hydrogens (tertiary/aromatic N) is 2. The van der Waals surface area contributed by atoms with Crippen LogP contribution in [0.1, 0.15) is 28.2 Å². The summed E-state index contributed by atoms with van der Waals surface area (Å²) < 4.78 is 8.31. The molecular formula is C81H71BGe2N2. The van der Waals surface area contributed by atoms with Crippen LogP contribution in [0.4, 0.5) is 28.4 Å². The zero-order valence-electron chi connectivity index (χ0n) is 51.3. The molecule has 0 amide bonds. The maximum atomic E-state index is 5.25. The van der Waals surface area contributed by atoms with Crippen molar-refractivity contribution in [3.63, 3.8) is 0 Å². The third-order valence-electron chi connectivity index (χ3n) is 17.8. The molecule has 1 atom stereocenters. The van der Waals surface area contributed by atoms with Gasteiger partial charge in [-0.05, 0) is 85.7 Å². The van der Waals surface area contributed by atoms with E-state index in [0.717, 1.165) is 6.42 Å². The monoisotopic (exact) mass is 1230 g/mol. The number of fused-ring (bicyclic) bond motifs is 4. The van der Waals surface area contributed by atoms with Crippen molar-refractivity contribution in [2.45, 2.75) is 53.8 Å². The van der Waals surface area contributed by atoms with Gasteiger partial charge in [-0.25, -0.2) is 0 Å². The van der Waals surface area contributed by atoms with Crippen molar-refractivity contribution in [1.29, 1.82) is 1.34 Å². The van der Waals surface area contributed by atoms with Gasteiger partial charge in [0, 0.05) is 8.38 Å². The fraction of sp³-hybridized carbons (Fsp3) is 0.111. The Morgan fingerprint density at radius 1 is 0.407 bits per heavy atom. The summed E-state index contributed by atoms with van der Waals surface area (Å²) in [5, 5.41) is 10.3. The third-order valence-corrected chi connectivity index (χ3v) is 26.4. The van der Waals surface area contributed by atoms with Crippen LogP contribution in [0, 0.1) is 6.92 Å². The number of hydrogen-bond donors (Lipinski definition) is 0. The second-order valence-electron chi connectivity index (χ2n) is 25.3. The molecule has 0 spiro atoms. The van der Waals surface area contributed by atoms with Crippen molar-refractivity contribution in [2.24, 2.45) is 0 Å². The summed E-state index contributed by atoms with van der Waals surface area (Å²) in [5.41, 5.74) is 20.7. The Balaban J connectivity index is 0.000000166. The van der Waals surface area contributed by atoms with Crippen LogP contribution in [0.2, 0.25) is 34.5 Å². The molecule has 15 rings (SSSR count). The Labute approximate surface area is 516 Å². The van der Waals surface area contributed by atoms with Gasteiger partial charge >= 0.3 is 306 Å². The molecule has 416 valence electrons. The zero-order chi connectivity index (χ0) is 60.0. The van der Waals surface area contributed by atoms with Gasteiger partial charge in [-0.15, -0.1) is 0 Å². The number of benzene rings is 12. The van der Waals surface area contributed by atoms with Crippen LogP contribution in [0.15, 0.2) is 290 Å². The van der Waals surface area contributed by atoms with E-state index in [1.54, 1.807) is 0 Å². The van der Waals surface area contributed by atoms with Crippen LogP contribution in [-0.4, -0.2) is 36.2 Å². The molecule has 5 heteroatoms. The molecule has 12 aromatic rings. The Hall–Kier alpha value is -8.61. The van der Waals surface area contributed by atoms with Crippen LogP contribution in [0.25, 0.3) is 71.4 Å². The average Bonchev–Trinajstić information content (AvgIpc) is 1.04. The van der Waals surface area contributed by atoms with Crippen molar-refractivity contribution in [2.75, 3.05) is 9.80 Å². The quantitative estimate of drug-likeness (QED) is 0.0995. The molecule has 1 unspecified atom stereocenters. The van der Waals surface area contributed by atoms with Gasteiger partial charge in [-0.1, -0.05) is 121 Å². The van der Waals surface area contributed by atoms with Gasteiger partial charge in [0.1, 0.15) is 0 Å². The first-order valence-electron chi connectivity index (χ1n) is 30.7. The number of anilines is 5. The standard InChI is InChI=1S/C46H46Ge2N2.C35H24.BH/c1-47(2,3)35-21-25-39(26-22-35)49(37-13-9-7-10-14-37)43-31-19-33-18-30-42-44(32-20-34-17-29-41(43)45(33)46(34)42)50(38-15-11-8-12-16-38)40-27-23-36(24-28-40)48(4,5)6;1-23-14-19-32-33(20-23)35(29-18-16-25-9-3-5-11-27(25)22-29)31-13-7-6-12-30(31)34(32)28-17-15-24-8-2-4-10-26(24)21-28;/h7-29,31-32,45H,30H2,1-6H3;2-22H,1H3;1H/i;;1D. The first kappa shape index (κ1) is 55.3. The number of aryl methyl sites for hydroxylation is 1. The average molecular weight is 1230 g/mol. The number of allylic oxidation sites excluding steroid dienone is 6. The van der Waals surface area contributed by atoms with Crippen molar-refractivity contribution < 1.29 is 0 Å². The summed E-state index contributed by atoms with van der Waals surface area (Å²) >= 11 is -3.91. The minimum atomic E-state index is -1.96. The number of hydrogen-bond acceptors (Lipinski definition) is 2. The molecule has 3 aliphatic rings. The first-order valence-corrected chi connectivity index (χ1v) is 44.8. The van der Waals surface area contributed by atoms with E-state index in [-0.39, 0.29) is 5.92 Å². The van der Waals surface area contributed by atoms with Crippen molar-refractivity contribution in [3.8, 4) is 22.3 Å². The molecule has 0 aromatic heterocycles. The van der Waals surface area contributed by atoms with Crippen LogP contribution in [-0.2, 0) is 6.42 Å². The number of rotatable bonds is 10. The second-order valence-corrected chi connectivity index (χ2v) is 46.6. The SMILES string of the molecule is Cc1ccc2c(-c3ccc4ccccc4c3)c3ccccc3c(-c3ccc4ccccc4c3)c2c1.[2H][B].[CH3][Ge]([CH3])([CH3])[c]1ccc(N(C2=C3C=Cc4ccc(N(c5ccccc5)c5cc[c]([Ge]([CH3])([CH3])[CH3])cc5)c5c4C3C(=CC5)C=C2)c2ccccc2)cc1. The molecule has 0 N–H and O–H groups in total. The normalized spacial score (nSPS) is 14.2. The summed E-state index contributed by atoms with van der Waals surface area (Å²) in [7, 11) is 3.75. The first-order chi connectivity index (χ1) is 42.3. The third kappa shape index (κ3) is 10.5. The van der Waals surface area contributed by atoms with Crippen molar-refractivity contribution in [3.05, 3.63) is 312 Å². The van der Waals surface area contributed by atoms with Gasteiger partial charge in [-0.2, -0.15) is 0 Å². The molecule has 0 aliphatic heterocycles. The van der Waals surface area contributed by atoms with Crippen molar-refractivity contribution >= 4 is 121 Å². The van der Waals surface area contributed by atoms with E-state index in [4.69, 9.17) is 1.34 Å². The van der Waals surface area contributed by atoms with Gasteiger partial charge in [0.05, 0.1) is 0 Å². The molecule has 0 saturated carbocycles. The van der Waals surface area contributed by atoms with Gasteiger partial charge in [0.25, 0.3) is 0 Å². The molecule has 3 aliphatic carbocycles. The Morgan fingerprint density at radius 3 is 1.44 bits per heavy atom. The summed E-state index contributed by atoms with van der Waals surface area (Å²) in [5.74, 6) is 15.0. The van der Waals surface area contributed by atoms with E-state index in [0.29, 0.717) is 0 Å². The minimum absolute atomic E-state index is 0.183. The van der Waals surface area contributed by atoms with Crippen LogP contribution < -0.4 is 18.6 Å². The van der Waals surface area contributed by atoms with Crippen LogP contribution in [0.5, 0.6) is 0 Å². The molecule has 0 saturated heterocycles. The number of para-hydroxylation sites is 2. The summed E-state index contributed by atoms with van der Waals surface area (Å²) in [4.78, 5) is 4.94. The van der Waals surface area contributed by atoms with E-state index < -0.39 is 26.5 Å². The van der Waals surface area contributed by atoms with Gasteiger partial charge in [0.15, 0.2) is 0 Å². The predicted molar refractivity (Wildman–Crippen MR) is 381 cm³/mol. The fourth-order valence-electron chi connectivity index (χ4n) is 13.4. The summed E-state index contributed by atoms with van der Waals surface area (Å²) in [6, 6.07) is 92.1. The molecule has 0 heterocycles. The molecule has 2 nitrogen and oxygen atoms in total. The zero-order valence-corrected chi connectivity index (χ0v) is 54.5. The molecule has 0 bridgehead atoms. The molecule has 86 heavy (non-hydrogen) atoms. The van der Waals surface area contributed by atoms with E-state index in [9.17, 15) is 0 Å². The molecule has 12 aromatic carbocycles. The van der Waals surface area contributed by atoms with E-state index in [2.05, 4.69) is 339 Å². The fourth-order valence-corrected chi connectivity index (χ4v) is 18.3. The van der Waals surface area contributed by atoms with Crippen LogP contribution >= 0.6 is 0 Å². The van der Waals surface area contributed by atoms with E-state index >= 15 is 0 Å². The van der Waals surface area contributed by atoms with E-state index in [1.807, 2.05) is 0 Å².